The van der Waals surface area contributed by atoms with Crippen LogP contribution in [0.3, 0.4) is 0 Å². The summed E-state index contributed by atoms with van der Waals surface area (Å²) in [6, 6.07) is 8.79. The minimum Gasteiger partial charge on any atom is -0.495 e. The standard InChI is InChI=1S/C21H16BrCl2F3N4O2/c1-33-15-8-12(23)6-7-13(15)29-20(32)18-17(24)19-28-14(10-2-4-11(22)5-3-10)9-16(21(25,26)27)31(19)30-18/h2-8,14,16,28H,9H2,1H3,(H,29,32)/t14-,16+/m1/s1. The number of nitrogens with one attached hydrogen (secondary N) is 2. The second-order valence-electron chi connectivity index (χ2n) is 7.30. The van der Waals surface area contributed by atoms with Gasteiger partial charge in [0.25, 0.3) is 5.91 Å². The first kappa shape index (κ1) is 23.7. The van der Waals surface area contributed by atoms with Gasteiger partial charge >= 0.3 is 6.18 Å². The van der Waals surface area contributed by atoms with E-state index in [2.05, 4.69) is 31.7 Å². The molecule has 0 aliphatic carbocycles. The molecule has 2 atom stereocenters. The molecule has 0 spiro atoms. The number of nitrogens with zero attached hydrogens (tertiary/aromatic N) is 2. The molecule has 3 aromatic rings. The molecule has 1 aromatic heterocycles. The molecule has 1 aliphatic heterocycles. The summed E-state index contributed by atoms with van der Waals surface area (Å²) in [5, 5.41) is 9.66. The summed E-state index contributed by atoms with van der Waals surface area (Å²) in [6.07, 6.45) is -4.92. The van der Waals surface area contributed by atoms with Gasteiger partial charge in [-0.05, 0) is 29.8 Å². The number of benzene rings is 2. The van der Waals surface area contributed by atoms with Crippen molar-refractivity contribution in [3.63, 3.8) is 0 Å². The van der Waals surface area contributed by atoms with E-state index in [-0.39, 0.29) is 34.4 Å². The van der Waals surface area contributed by atoms with Crippen molar-refractivity contribution in [2.45, 2.75) is 24.7 Å². The number of hydrogen-bond acceptors (Lipinski definition) is 4. The highest BCUT2D eigenvalue weighted by molar-refractivity contribution is 9.10. The van der Waals surface area contributed by atoms with Crippen molar-refractivity contribution in [3.05, 3.63) is 68.2 Å². The van der Waals surface area contributed by atoms with Gasteiger partial charge in [-0.25, -0.2) is 4.68 Å². The van der Waals surface area contributed by atoms with Crippen molar-refractivity contribution in [1.29, 1.82) is 0 Å². The molecular weight excluding hydrogens is 548 g/mol. The van der Waals surface area contributed by atoms with E-state index in [0.717, 1.165) is 9.15 Å². The quantitative estimate of drug-likeness (QED) is 0.363. The number of amides is 1. The zero-order valence-corrected chi connectivity index (χ0v) is 20.0. The average molecular weight is 564 g/mol. The van der Waals surface area contributed by atoms with Crippen molar-refractivity contribution < 1.29 is 22.7 Å². The summed E-state index contributed by atoms with van der Waals surface area (Å²) in [5.74, 6) is -0.589. The molecule has 12 heteroatoms. The normalized spacial score (nSPS) is 17.8. The lowest BCUT2D eigenvalue weighted by Crippen LogP contribution is -2.35. The first-order valence-electron chi connectivity index (χ1n) is 9.60. The summed E-state index contributed by atoms with van der Waals surface area (Å²) in [4.78, 5) is 12.9. The van der Waals surface area contributed by atoms with E-state index in [0.29, 0.717) is 10.6 Å². The fraction of sp³-hybridized carbons (Fsp3) is 0.238. The number of fused-ring (bicyclic) bond motifs is 1. The van der Waals surface area contributed by atoms with Crippen LogP contribution < -0.4 is 15.4 Å². The summed E-state index contributed by atoms with van der Waals surface area (Å²) < 4.78 is 48.5. The summed E-state index contributed by atoms with van der Waals surface area (Å²) >= 11 is 15.6. The number of anilines is 2. The zero-order valence-electron chi connectivity index (χ0n) is 16.9. The fourth-order valence-corrected chi connectivity index (χ4v) is 4.29. The minimum absolute atomic E-state index is 0.0774. The lowest BCUT2D eigenvalue weighted by atomic mass is 9.97. The van der Waals surface area contributed by atoms with Crippen molar-refractivity contribution in [3.8, 4) is 5.75 Å². The van der Waals surface area contributed by atoms with Gasteiger partial charge in [0.1, 0.15) is 16.6 Å². The van der Waals surface area contributed by atoms with E-state index in [1.807, 2.05) is 0 Å². The molecule has 0 saturated carbocycles. The monoisotopic (exact) mass is 562 g/mol. The van der Waals surface area contributed by atoms with Crippen molar-refractivity contribution >= 4 is 56.5 Å². The summed E-state index contributed by atoms with van der Waals surface area (Å²) in [7, 11) is 1.39. The highest BCUT2D eigenvalue weighted by Crippen LogP contribution is 2.46. The Morgan fingerprint density at radius 1 is 1.24 bits per heavy atom. The highest BCUT2D eigenvalue weighted by atomic mass is 79.9. The number of ether oxygens (including phenoxy) is 1. The van der Waals surface area contributed by atoms with Gasteiger partial charge in [0.2, 0.25) is 0 Å². The van der Waals surface area contributed by atoms with Gasteiger partial charge < -0.3 is 15.4 Å². The third-order valence-electron chi connectivity index (χ3n) is 5.19. The number of carbonyl (C=O) groups excluding carboxylic acids is 1. The number of rotatable bonds is 4. The largest absolute Gasteiger partial charge is 0.495 e. The second kappa shape index (κ2) is 9.08. The molecule has 33 heavy (non-hydrogen) atoms. The van der Waals surface area contributed by atoms with Gasteiger partial charge in [0.05, 0.1) is 18.8 Å². The van der Waals surface area contributed by atoms with Crippen LogP contribution in [0.1, 0.15) is 34.6 Å². The Morgan fingerprint density at radius 2 is 1.94 bits per heavy atom. The number of alkyl halides is 3. The summed E-state index contributed by atoms with van der Waals surface area (Å²) in [5.41, 5.74) is 0.566. The van der Waals surface area contributed by atoms with Gasteiger partial charge in [0.15, 0.2) is 11.7 Å². The first-order chi connectivity index (χ1) is 15.6. The molecule has 0 fully saturated rings. The topological polar surface area (TPSA) is 68.2 Å². The Hall–Kier alpha value is -2.43. The van der Waals surface area contributed by atoms with E-state index in [9.17, 15) is 18.0 Å². The Balaban J connectivity index is 1.70. The number of methoxy groups -OCH3 is 1. The number of carbonyl (C=O) groups is 1. The molecule has 4 rings (SSSR count). The zero-order chi connectivity index (χ0) is 23.9. The predicted octanol–water partition coefficient (Wildman–Crippen LogP) is 6.87. The van der Waals surface area contributed by atoms with Gasteiger partial charge in [-0.15, -0.1) is 0 Å². The van der Waals surface area contributed by atoms with Crippen molar-refractivity contribution in [2.24, 2.45) is 0 Å². The Labute approximate surface area is 205 Å². The van der Waals surface area contributed by atoms with Crippen molar-refractivity contribution in [2.75, 3.05) is 17.7 Å². The van der Waals surface area contributed by atoms with E-state index in [4.69, 9.17) is 27.9 Å². The smallest absolute Gasteiger partial charge is 0.410 e. The van der Waals surface area contributed by atoms with Crippen molar-refractivity contribution in [1.82, 2.24) is 9.78 Å². The third-order valence-corrected chi connectivity index (χ3v) is 6.32. The molecule has 0 radical (unpaired) electrons. The molecule has 2 N–H and O–H groups in total. The van der Waals surface area contributed by atoms with Crippen LogP contribution in [0.2, 0.25) is 10.0 Å². The third kappa shape index (κ3) is 4.78. The maximum atomic E-state index is 13.9. The molecule has 6 nitrogen and oxygen atoms in total. The maximum Gasteiger partial charge on any atom is 0.410 e. The molecule has 1 amide bonds. The number of aromatic nitrogens is 2. The van der Waals surface area contributed by atoms with E-state index < -0.39 is 24.2 Å². The minimum atomic E-state index is -4.60. The van der Waals surface area contributed by atoms with Crippen LogP contribution in [0.25, 0.3) is 0 Å². The molecule has 2 aromatic carbocycles. The average Bonchev–Trinajstić information content (AvgIpc) is 3.10. The van der Waals surface area contributed by atoms with E-state index >= 15 is 0 Å². The molecule has 0 bridgehead atoms. The lowest BCUT2D eigenvalue weighted by molar-refractivity contribution is -0.173. The molecule has 0 unspecified atom stereocenters. The van der Waals surface area contributed by atoms with Crippen LogP contribution in [0.5, 0.6) is 5.75 Å². The van der Waals surface area contributed by atoms with Crippen LogP contribution in [0.4, 0.5) is 24.7 Å². The first-order valence-corrected chi connectivity index (χ1v) is 11.1. The van der Waals surface area contributed by atoms with Gasteiger partial charge in [-0.2, -0.15) is 18.3 Å². The van der Waals surface area contributed by atoms with E-state index in [1.54, 1.807) is 24.3 Å². The number of hydrogen-bond donors (Lipinski definition) is 2. The second-order valence-corrected chi connectivity index (χ2v) is 9.03. The fourth-order valence-electron chi connectivity index (χ4n) is 3.60. The van der Waals surface area contributed by atoms with E-state index in [1.165, 1.54) is 25.3 Å². The lowest BCUT2D eigenvalue weighted by Gasteiger charge is -2.33. The van der Waals surface area contributed by atoms with Gasteiger partial charge in [-0.3, -0.25) is 4.79 Å². The highest BCUT2D eigenvalue weighted by Gasteiger charge is 2.47. The molecule has 0 saturated heterocycles. The SMILES string of the molecule is COc1cc(Cl)ccc1NC(=O)c1nn2c(c1Cl)N[C@@H](c1ccc(Br)cc1)C[C@H]2C(F)(F)F. The molecular formula is C21H16BrCl2F3N4O2. The maximum absolute atomic E-state index is 13.9. The summed E-state index contributed by atoms with van der Waals surface area (Å²) in [6.45, 7) is 0. The Morgan fingerprint density at radius 3 is 2.58 bits per heavy atom. The van der Waals surface area contributed by atoms with Crippen LogP contribution in [-0.2, 0) is 0 Å². The van der Waals surface area contributed by atoms with Crippen LogP contribution in [0.15, 0.2) is 46.9 Å². The molecule has 2 heterocycles. The Kier molecular flexibility index (Phi) is 6.52. The molecule has 174 valence electrons. The predicted molar refractivity (Wildman–Crippen MR) is 123 cm³/mol. The Bertz CT molecular complexity index is 1200. The van der Waals surface area contributed by atoms with Gasteiger partial charge in [-0.1, -0.05) is 51.3 Å². The number of halogens is 6. The van der Waals surface area contributed by atoms with Crippen LogP contribution in [-0.4, -0.2) is 29.0 Å². The van der Waals surface area contributed by atoms with Crippen LogP contribution >= 0.6 is 39.1 Å². The van der Waals surface area contributed by atoms with Crippen LogP contribution in [0, 0.1) is 0 Å². The molecule has 1 aliphatic rings. The van der Waals surface area contributed by atoms with Gasteiger partial charge in [0, 0.05) is 22.0 Å².